The normalized spacial score (nSPS) is 12.3. The molecule has 0 saturated carbocycles. The summed E-state index contributed by atoms with van der Waals surface area (Å²) < 4.78 is 16.0. The maximum Gasteiger partial charge on any atom is 0.151 e. The smallest absolute Gasteiger partial charge is 0.151 e. The van der Waals surface area contributed by atoms with E-state index in [1.807, 2.05) is 19.9 Å². The number of pyridine rings is 3. The van der Waals surface area contributed by atoms with Gasteiger partial charge in [0, 0.05) is 23.8 Å². The van der Waals surface area contributed by atoms with Gasteiger partial charge in [0.2, 0.25) is 0 Å². The van der Waals surface area contributed by atoms with Crippen LogP contribution in [0.15, 0.2) is 42.9 Å². The predicted molar refractivity (Wildman–Crippen MR) is 109 cm³/mol. The second-order valence-corrected chi connectivity index (χ2v) is 7.06. The minimum Gasteiger partial charge on any atom is -0.391 e. The van der Waals surface area contributed by atoms with E-state index in [-0.39, 0.29) is 5.69 Å². The zero-order valence-electron chi connectivity index (χ0n) is 16.4. The second kappa shape index (κ2) is 7.56. The molecule has 29 heavy (non-hydrogen) atoms. The summed E-state index contributed by atoms with van der Waals surface area (Å²) in [5.41, 5.74) is 5.33. The standard InChI is InChI=1S/C21H21FN6O/c1-12-9-24-18(20-15(22)5-4-13(2)26-20)8-17(12)27-16-6-7-23-19-10-25-28(21(16)19)11-14(3)29/h4-10,14,29H,11H2,1-3H3,(H,23,24,27). The first-order valence-corrected chi connectivity index (χ1v) is 9.28. The number of anilines is 2. The quantitative estimate of drug-likeness (QED) is 0.537. The van der Waals surface area contributed by atoms with Crippen LogP contribution in [0.3, 0.4) is 0 Å². The lowest BCUT2D eigenvalue weighted by molar-refractivity contribution is 0.170. The number of aromatic nitrogens is 5. The van der Waals surface area contributed by atoms with Crippen molar-refractivity contribution in [2.45, 2.75) is 33.4 Å². The fraction of sp³-hybridized carbons (Fsp3) is 0.238. The fourth-order valence-corrected chi connectivity index (χ4v) is 3.16. The number of fused-ring (bicyclic) bond motifs is 1. The van der Waals surface area contributed by atoms with Crippen LogP contribution in [0.25, 0.3) is 22.4 Å². The lowest BCUT2D eigenvalue weighted by Crippen LogP contribution is -2.13. The third-order valence-corrected chi connectivity index (χ3v) is 4.57. The Balaban J connectivity index is 1.77. The third-order valence-electron chi connectivity index (χ3n) is 4.57. The summed E-state index contributed by atoms with van der Waals surface area (Å²) in [6, 6.07) is 6.64. The SMILES string of the molecule is Cc1ccc(F)c(-c2cc(Nc3ccnc4cnn(CC(C)O)c34)c(C)cn2)n1. The monoisotopic (exact) mass is 392 g/mol. The Kier molecular flexibility index (Phi) is 4.94. The zero-order chi connectivity index (χ0) is 20.5. The van der Waals surface area contributed by atoms with E-state index in [1.165, 1.54) is 6.07 Å². The molecule has 8 heteroatoms. The molecule has 0 fully saturated rings. The molecule has 0 radical (unpaired) electrons. The zero-order valence-corrected chi connectivity index (χ0v) is 16.4. The molecule has 0 saturated heterocycles. The summed E-state index contributed by atoms with van der Waals surface area (Å²) in [5.74, 6) is -0.417. The third kappa shape index (κ3) is 3.79. The number of rotatable bonds is 5. The number of halogens is 1. The van der Waals surface area contributed by atoms with E-state index >= 15 is 0 Å². The number of aliphatic hydroxyl groups excluding tert-OH is 1. The van der Waals surface area contributed by atoms with Crippen LogP contribution in [-0.4, -0.2) is 35.9 Å². The van der Waals surface area contributed by atoms with Gasteiger partial charge < -0.3 is 10.4 Å². The molecule has 4 aromatic rings. The van der Waals surface area contributed by atoms with Gasteiger partial charge in [0.15, 0.2) is 5.82 Å². The van der Waals surface area contributed by atoms with E-state index in [1.54, 1.807) is 42.3 Å². The molecule has 0 aliphatic heterocycles. The van der Waals surface area contributed by atoms with Crippen molar-refractivity contribution in [2.24, 2.45) is 0 Å². The van der Waals surface area contributed by atoms with Gasteiger partial charge in [0.25, 0.3) is 0 Å². The highest BCUT2D eigenvalue weighted by molar-refractivity contribution is 5.90. The van der Waals surface area contributed by atoms with Gasteiger partial charge >= 0.3 is 0 Å². The number of hydrogen-bond donors (Lipinski definition) is 2. The van der Waals surface area contributed by atoms with Crippen molar-refractivity contribution in [3.05, 3.63) is 59.9 Å². The van der Waals surface area contributed by atoms with Crippen molar-refractivity contribution in [1.82, 2.24) is 24.7 Å². The van der Waals surface area contributed by atoms with Crippen molar-refractivity contribution < 1.29 is 9.50 Å². The Morgan fingerprint density at radius 1 is 1.14 bits per heavy atom. The second-order valence-electron chi connectivity index (χ2n) is 7.06. The van der Waals surface area contributed by atoms with Gasteiger partial charge in [0.1, 0.15) is 16.7 Å². The van der Waals surface area contributed by atoms with Gasteiger partial charge in [-0.2, -0.15) is 5.10 Å². The number of aryl methyl sites for hydroxylation is 2. The van der Waals surface area contributed by atoms with Gasteiger partial charge in [-0.15, -0.1) is 0 Å². The summed E-state index contributed by atoms with van der Waals surface area (Å²) in [4.78, 5) is 13.0. The highest BCUT2D eigenvalue weighted by Crippen LogP contribution is 2.29. The van der Waals surface area contributed by atoms with Gasteiger partial charge in [-0.1, -0.05) is 0 Å². The largest absolute Gasteiger partial charge is 0.391 e. The molecule has 0 aliphatic carbocycles. The number of hydrogen-bond acceptors (Lipinski definition) is 6. The fourth-order valence-electron chi connectivity index (χ4n) is 3.16. The minimum atomic E-state index is -0.546. The molecule has 4 aromatic heterocycles. The minimum absolute atomic E-state index is 0.215. The van der Waals surface area contributed by atoms with E-state index in [2.05, 4.69) is 25.4 Å². The summed E-state index contributed by atoms with van der Waals surface area (Å²) in [6.07, 6.45) is 4.50. The Hall–Kier alpha value is -3.39. The Labute approximate surface area is 167 Å². The molecule has 0 aliphatic rings. The molecule has 4 heterocycles. The first kappa shape index (κ1) is 18.9. The molecular formula is C21H21FN6O. The maximum atomic E-state index is 14.3. The molecule has 1 unspecified atom stereocenters. The molecule has 4 rings (SSSR count). The van der Waals surface area contributed by atoms with Crippen molar-refractivity contribution in [2.75, 3.05) is 5.32 Å². The molecule has 148 valence electrons. The Bertz CT molecular complexity index is 1190. The van der Waals surface area contributed by atoms with E-state index < -0.39 is 11.9 Å². The maximum absolute atomic E-state index is 14.3. The Morgan fingerprint density at radius 2 is 1.97 bits per heavy atom. The first-order chi connectivity index (χ1) is 13.9. The van der Waals surface area contributed by atoms with E-state index in [0.29, 0.717) is 17.8 Å². The molecule has 2 N–H and O–H groups in total. The summed E-state index contributed by atoms with van der Waals surface area (Å²) in [6.45, 7) is 5.79. The van der Waals surface area contributed by atoms with E-state index in [4.69, 9.17) is 0 Å². The first-order valence-electron chi connectivity index (χ1n) is 9.28. The average molecular weight is 392 g/mol. The lowest BCUT2D eigenvalue weighted by atomic mass is 10.1. The molecule has 1 atom stereocenters. The van der Waals surface area contributed by atoms with Crippen molar-refractivity contribution in [3.63, 3.8) is 0 Å². The van der Waals surface area contributed by atoms with Crippen LogP contribution in [-0.2, 0) is 6.54 Å². The van der Waals surface area contributed by atoms with Crippen LogP contribution < -0.4 is 5.32 Å². The average Bonchev–Trinajstić information content (AvgIpc) is 3.09. The molecule has 0 amide bonds. The summed E-state index contributed by atoms with van der Waals surface area (Å²) in [7, 11) is 0. The molecule has 7 nitrogen and oxygen atoms in total. The van der Waals surface area contributed by atoms with Gasteiger partial charge in [0.05, 0.1) is 30.2 Å². The van der Waals surface area contributed by atoms with Crippen LogP contribution in [0.2, 0.25) is 0 Å². The molecule has 0 bridgehead atoms. The lowest BCUT2D eigenvalue weighted by Gasteiger charge is -2.14. The van der Waals surface area contributed by atoms with Crippen molar-refractivity contribution in [3.8, 4) is 11.4 Å². The molecular weight excluding hydrogens is 371 g/mol. The Morgan fingerprint density at radius 3 is 2.76 bits per heavy atom. The van der Waals surface area contributed by atoms with E-state index in [0.717, 1.165) is 28.1 Å². The van der Waals surface area contributed by atoms with E-state index in [9.17, 15) is 9.50 Å². The van der Waals surface area contributed by atoms with Crippen LogP contribution in [0.5, 0.6) is 0 Å². The van der Waals surface area contributed by atoms with Crippen LogP contribution in [0.1, 0.15) is 18.2 Å². The van der Waals surface area contributed by atoms with Gasteiger partial charge in [-0.3, -0.25) is 14.6 Å². The molecule has 0 spiro atoms. The summed E-state index contributed by atoms with van der Waals surface area (Å²) >= 11 is 0. The highest BCUT2D eigenvalue weighted by Gasteiger charge is 2.14. The number of nitrogens with one attached hydrogen (secondary N) is 1. The van der Waals surface area contributed by atoms with Crippen LogP contribution in [0, 0.1) is 19.7 Å². The van der Waals surface area contributed by atoms with Crippen LogP contribution in [0.4, 0.5) is 15.8 Å². The topological polar surface area (TPSA) is 88.8 Å². The van der Waals surface area contributed by atoms with Gasteiger partial charge in [-0.05, 0) is 50.6 Å². The summed E-state index contributed by atoms with van der Waals surface area (Å²) in [5, 5.41) is 17.5. The van der Waals surface area contributed by atoms with Crippen LogP contribution >= 0.6 is 0 Å². The highest BCUT2D eigenvalue weighted by atomic mass is 19.1. The molecule has 0 aromatic carbocycles. The number of nitrogens with zero attached hydrogens (tertiary/aromatic N) is 5. The van der Waals surface area contributed by atoms with Crippen molar-refractivity contribution in [1.29, 1.82) is 0 Å². The van der Waals surface area contributed by atoms with Crippen molar-refractivity contribution >= 4 is 22.4 Å². The number of aliphatic hydroxyl groups is 1. The van der Waals surface area contributed by atoms with Gasteiger partial charge in [-0.25, -0.2) is 9.37 Å². The predicted octanol–water partition coefficient (Wildman–Crippen LogP) is 3.77.